The Balaban J connectivity index is 1.53. The molecule has 216 valence electrons. The lowest BCUT2D eigenvalue weighted by molar-refractivity contribution is -0.137. The maximum Gasteiger partial charge on any atom is 0.305 e. The Morgan fingerprint density at radius 1 is 0.833 bits per heavy atom. The monoisotopic (exact) mass is 587 g/mol. The van der Waals surface area contributed by atoms with Crippen LogP contribution in [0.25, 0.3) is 11.1 Å². The highest BCUT2D eigenvalue weighted by atomic mass is 32.2. The molecule has 4 aromatic carbocycles. The quantitative estimate of drug-likeness (QED) is 0.194. The first-order valence-electron chi connectivity index (χ1n) is 12.9. The number of carbonyl (C=O) groups excluding carboxylic acids is 2. The van der Waals surface area contributed by atoms with Crippen molar-refractivity contribution in [1.29, 1.82) is 0 Å². The summed E-state index contributed by atoms with van der Waals surface area (Å²) in [5.41, 5.74) is 2.49. The van der Waals surface area contributed by atoms with Crippen LogP contribution >= 0.6 is 0 Å². The van der Waals surface area contributed by atoms with E-state index in [2.05, 4.69) is 15.4 Å². The van der Waals surface area contributed by atoms with Crippen molar-refractivity contribution in [2.24, 2.45) is 0 Å². The maximum absolute atomic E-state index is 13.5. The molecule has 0 spiro atoms. The lowest BCUT2D eigenvalue weighted by Crippen LogP contribution is -2.32. The smallest absolute Gasteiger partial charge is 0.305 e. The third kappa shape index (κ3) is 7.80. The zero-order chi connectivity index (χ0) is 30.1. The van der Waals surface area contributed by atoms with E-state index in [4.69, 9.17) is 4.74 Å². The van der Waals surface area contributed by atoms with Gasteiger partial charge in [-0.3, -0.25) is 14.4 Å². The van der Waals surface area contributed by atoms with Gasteiger partial charge in [0.1, 0.15) is 10.6 Å². The molecule has 0 fully saturated rings. The number of rotatable bonds is 12. The van der Waals surface area contributed by atoms with Crippen LogP contribution in [0.15, 0.2) is 108 Å². The highest BCUT2D eigenvalue weighted by molar-refractivity contribution is 7.89. The van der Waals surface area contributed by atoms with E-state index in [0.29, 0.717) is 27.9 Å². The van der Waals surface area contributed by atoms with E-state index in [1.54, 1.807) is 91.0 Å². The van der Waals surface area contributed by atoms with E-state index >= 15 is 0 Å². The Labute approximate surface area is 243 Å². The summed E-state index contributed by atoms with van der Waals surface area (Å²) in [6.07, 6.45) is -0.460. The number of hydrogen-bond donors (Lipinski definition) is 4. The van der Waals surface area contributed by atoms with Gasteiger partial charge in [0.15, 0.2) is 0 Å². The van der Waals surface area contributed by atoms with Crippen molar-refractivity contribution in [3.63, 3.8) is 0 Å². The standard InChI is InChI=1S/C31H29N3O7S/c1-41-27-16-15-24(18-28(27)42(39,40)34-26(19-30(36)37)21-9-4-2-5-10-21)23-13-8-14-25(17-23)33-29(35)20-32-31(38)22-11-6-3-7-12-22/h2-18,26,34H,19-20H2,1H3,(H,32,38)(H,33,35)(H,36,37). The minimum absolute atomic E-state index is 0.0759. The lowest BCUT2D eigenvalue weighted by Gasteiger charge is -2.19. The van der Waals surface area contributed by atoms with Crippen molar-refractivity contribution in [3.05, 3.63) is 114 Å². The van der Waals surface area contributed by atoms with Gasteiger partial charge in [0.05, 0.1) is 26.1 Å². The molecule has 0 aromatic heterocycles. The van der Waals surface area contributed by atoms with Crippen LogP contribution in [0.2, 0.25) is 0 Å². The van der Waals surface area contributed by atoms with Gasteiger partial charge in [0.2, 0.25) is 15.9 Å². The molecule has 0 bridgehead atoms. The minimum atomic E-state index is -4.24. The summed E-state index contributed by atoms with van der Waals surface area (Å²) in [5, 5.41) is 14.7. The van der Waals surface area contributed by atoms with Crippen LogP contribution in [-0.2, 0) is 19.6 Å². The van der Waals surface area contributed by atoms with Gasteiger partial charge in [-0.15, -0.1) is 0 Å². The largest absolute Gasteiger partial charge is 0.495 e. The SMILES string of the molecule is COc1ccc(-c2cccc(NC(=O)CNC(=O)c3ccccc3)c2)cc1S(=O)(=O)NC(CC(=O)O)c1ccccc1. The van der Waals surface area contributed by atoms with Crippen LogP contribution in [-0.4, -0.2) is 45.0 Å². The number of ether oxygens (including phenoxy) is 1. The van der Waals surface area contributed by atoms with Crippen LogP contribution in [0.1, 0.15) is 28.4 Å². The van der Waals surface area contributed by atoms with Gasteiger partial charge in [0.25, 0.3) is 5.91 Å². The second-order valence-corrected chi connectivity index (χ2v) is 10.9. The van der Waals surface area contributed by atoms with E-state index in [-0.39, 0.29) is 23.1 Å². The Bertz CT molecular complexity index is 1680. The second kappa shape index (κ2) is 13.6. The number of anilines is 1. The number of carboxylic acids is 1. The molecule has 4 N–H and O–H groups in total. The van der Waals surface area contributed by atoms with Crippen molar-refractivity contribution in [2.45, 2.75) is 17.4 Å². The van der Waals surface area contributed by atoms with Crippen LogP contribution in [0.5, 0.6) is 5.75 Å². The summed E-state index contributed by atoms with van der Waals surface area (Å²) in [5.74, 6) is -1.90. The second-order valence-electron chi connectivity index (χ2n) is 9.23. The molecule has 0 saturated heterocycles. The normalized spacial score (nSPS) is 11.7. The zero-order valence-corrected chi connectivity index (χ0v) is 23.4. The van der Waals surface area contributed by atoms with Gasteiger partial charge in [-0.05, 0) is 53.1 Å². The summed E-state index contributed by atoms with van der Waals surface area (Å²) in [6, 6.07) is 27.3. The Morgan fingerprint density at radius 3 is 2.17 bits per heavy atom. The van der Waals surface area contributed by atoms with E-state index < -0.39 is 34.4 Å². The number of carboxylic acid groups (broad SMARTS) is 1. The summed E-state index contributed by atoms with van der Waals surface area (Å²) in [4.78, 5) is 36.0. The van der Waals surface area contributed by atoms with Crippen LogP contribution < -0.4 is 20.1 Å². The highest BCUT2D eigenvalue weighted by Crippen LogP contribution is 2.32. The summed E-state index contributed by atoms with van der Waals surface area (Å²) >= 11 is 0. The first kappa shape index (κ1) is 30.0. The third-order valence-electron chi connectivity index (χ3n) is 6.26. The van der Waals surface area contributed by atoms with Gasteiger partial charge in [-0.2, -0.15) is 0 Å². The fourth-order valence-electron chi connectivity index (χ4n) is 4.24. The van der Waals surface area contributed by atoms with Crippen LogP contribution in [0.4, 0.5) is 5.69 Å². The van der Waals surface area contributed by atoms with Gasteiger partial charge in [0, 0.05) is 11.3 Å². The number of sulfonamides is 1. The van der Waals surface area contributed by atoms with E-state index in [0.717, 1.165) is 0 Å². The summed E-state index contributed by atoms with van der Waals surface area (Å²) in [7, 11) is -2.90. The Kier molecular flexibility index (Phi) is 9.69. The predicted octanol–water partition coefficient (Wildman–Crippen LogP) is 4.23. The molecule has 4 rings (SSSR count). The minimum Gasteiger partial charge on any atom is -0.495 e. The Hall–Kier alpha value is -5.00. The van der Waals surface area contributed by atoms with Gasteiger partial charge >= 0.3 is 5.97 Å². The van der Waals surface area contributed by atoms with Crippen LogP contribution in [0.3, 0.4) is 0 Å². The van der Waals surface area contributed by atoms with Crippen molar-refractivity contribution in [3.8, 4) is 16.9 Å². The van der Waals surface area contributed by atoms with Crippen molar-refractivity contribution >= 4 is 33.5 Å². The number of amides is 2. The first-order chi connectivity index (χ1) is 20.2. The Morgan fingerprint density at radius 2 is 1.50 bits per heavy atom. The molecule has 42 heavy (non-hydrogen) atoms. The number of methoxy groups -OCH3 is 1. The topological polar surface area (TPSA) is 151 Å². The molecule has 0 heterocycles. The van der Waals surface area contributed by atoms with Gasteiger partial charge in [-0.25, -0.2) is 13.1 Å². The van der Waals surface area contributed by atoms with Gasteiger partial charge in [-0.1, -0.05) is 66.7 Å². The molecule has 11 heteroatoms. The molecule has 0 radical (unpaired) electrons. The molecule has 1 atom stereocenters. The van der Waals surface area contributed by atoms with Crippen LogP contribution in [0, 0.1) is 0 Å². The molecule has 2 amide bonds. The summed E-state index contributed by atoms with van der Waals surface area (Å²) in [6.45, 7) is -0.243. The van der Waals surface area contributed by atoms with Crippen molar-refractivity contribution in [2.75, 3.05) is 19.0 Å². The lowest BCUT2D eigenvalue weighted by atomic mass is 10.0. The zero-order valence-electron chi connectivity index (χ0n) is 22.6. The molecule has 0 aliphatic heterocycles. The predicted molar refractivity (Wildman–Crippen MR) is 158 cm³/mol. The number of carbonyl (C=O) groups is 3. The third-order valence-corrected chi connectivity index (χ3v) is 7.75. The number of hydrogen-bond acceptors (Lipinski definition) is 6. The maximum atomic E-state index is 13.5. The number of benzene rings is 4. The van der Waals surface area contributed by atoms with E-state index in [1.165, 1.54) is 19.2 Å². The number of nitrogens with one attached hydrogen (secondary N) is 3. The van der Waals surface area contributed by atoms with Gasteiger partial charge < -0.3 is 20.5 Å². The molecule has 10 nitrogen and oxygen atoms in total. The molecule has 0 aliphatic rings. The summed E-state index contributed by atoms with van der Waals surface area (Å²) < 4.78 is 34.9. The van der Waals surface area contributed by atoms with Crippen molar-refractivity contribution < 1.29 is 32.6 Å². The van der Waals surface area contributed by atoms with E-state index in [1.807, 2.05) is 0 Å². The molecule has 4 aromatic rings. The molecule has 0 aliphatic carbocycles. The molecule has 0 saturated carbocycles. The molecular weight excluding hydrogens is 558 g/mol. The highest BCUT2D eigenvalue weighted by Gasteiger charge is 2.27. The average Bonchev–Trinajstić information content (AvgIpc) is 3.00. The van der Waals surface area contributed by atoms with E-state index in [9.17, 15) is 27.9 Å². The fourth-order valence-corrected chi connectivity index (χ4v) is 5.66. The number of aliphatic carboxylic acids is 1. The first-order valence-corrected chi connectivity index (χ1v) is 14.4. The molecular formula is C31H29N3O7S. The fraction of sp³-hybridized carbons (Fsp3) is 0.129. The van der Waals surface area contributed by atoms with Crippen molar-refractivity contribution in [1.82, 2.24) is 10.0 Å². The average molecular weight is 588 g/mol. The molecule has 1 unspecified atom stereocenters.